The Balaban J connectivity index is 1.97. The van der Waals surface area contributed by atoms with Crippen molar-refractivity contribution in [1.29, 1.82) is 0 Å². The van der Waals surface area contributed by atoms with Gasteiger partial charge in [-0.2, -0.15) is 0 Å². The first-order valence-corrected chi connectivity index (χ1v) is 9.53. The lowest BCUT2D eigenvalue weighted by atomic mass is 10.0. The summed E-state index contributed by atoms with van der Waals surface area (Å²) in [5.74, 6) is -0.765. The van der Waals surface area contributed by atoms with Crippen molar-refractivity contribution in [2.75, 3.05) is 14.1 Å². The first-order chi connectivity index (χ1) is 13.3. The molecule has 0 unspecified atom stereocenters. The molecule has 0 aliphatic carbocycles. The number of carbonyl (C=O) groups is 2. The number of nitrogens with zero attached hydrogens (tertiary/aromatic N) is 1. The zero-order valence-electron chi connectivity index (χ0n) is 17.4. The van der Waals surface area contributed by atoms with Crippen molar-refractivity contribution < 1.29 is 14.3 Å². The van der Waals surface area contributed by atoms with E-state index >= 15 is 0 Å². The highest BCUT2D eigenvalue weighted by Crippen LogP contribution is 2.12. The van der Waals surface area contributed by atoms with Crippen LogP contribution in [0.5, 0.6) is 0 Å². The van der Waals surface area contributed by atoms with Crippen LogP contribution in [0.4, 0.5) is 0 Å². The fraction of sp³-hybridized carbons (Fsp3) is 0.391. The SMILES string of the molecule is Cc1ccccc1C(=O)N[C@@H](C(=O)OCc1ccc(CN(C)C)cc1)C(C)C. The quantitative estimate of drug-likeness (QED) is 0.710. The maximum atomic E-state index is 12.6. The van der Waals surface area contributed by atoms with Crippen LogP contribution >= 0.6 is 0 Å². The number of ether oxygens (including phenoxy) is 1. The predicted molar refractivity (Wildman–Crippen MR) is 111 cm³/mol. The van der Waals surface area contributed by atoms with E-state index in [0.29, 0.717) is 5.56 Å². The Bertz CT molecular complexity index is 798. The maximum Gasteiger partial charge on any atom is 0.329 e. The van der Waals surface area contributed by atoms with Crippen LogP contribution in [0.15, 0.2) is 48.5 Å². The number of rotatable bonds is 8. The summed E-state index contributed by atoms with van der Waals surface area (Å²) in [7, 11) is 4.04. The molecule has 1 amide bonds. The summed E-state index contributed by atoms with van der Waals surface area (Å²) in [6.07, 6.45) is 0. The van der Waals surface area contributed by atoms with Crippen molar-refractivity contribution >= 4 is 11.9 Å². The normalized spacial score (nSPS) is 12.1. The van der Waals surface area contributed by atoms with E-state index in [1.54, 1.807) is 6.07 Å². The van der Waals surface area contributed by atoms with Crippen LogP contribution in [0.1, 0.15) is 40.9 Å². The Morgan fingerprint density at radius 1 is 1.00 bits per heavy atom. The highest BCUT2D eigenvalue weighted by Gasteiger charge is 2.26. The van der Waals surface area contributed by atoms with E-state index in [2.05, 4.69) is 10.2 Å². The van der Waals surface area contributed by atoms with E-state index in [-0.39, 0.29) is 18.4 Å². The molecule has 0 aromatic heterocycles. The summed E-state index contributed by atoms with van der Waals surface area (Å²) in [5.41, 5.74) is 3.56. The molecule has 0 heterocycles. The number of amides is 1. The number of carbonyl (C=O) groups excluding carboxylic acids is 2. The van der Waals surface area contributed by atoms with Crippen LogP contribution in [-0.2, 0) is 22.7 Å². The third kappa shape index (κ3) is 6.20. The molecule has 1 atom stereocenters. The van der Waals surface area contributed by atoms with Crippen molar-refractivity contribution in [3.05, 3.63) is 70.8 Å². The average molecular weight is 383 g/mol. The zero-order chi connectivity index (χ0) is 20.7. The number of hydrogen-bond acceptors (Lipinski definition) is 4. The highest BCUT2D eigenvalue weighted by molar-refractivity contribution is 5.98. The molecule has 0 spiro atoms. The van der Waals surface area contributed by atoms with Crippen LogP contribution in [0.3, 0.4) is 0 Å². The Kier molecular flexibility index (Phi) is 7.76. The molecule has 0 bridgehead atoms. The highest BCUT2D eigenvalue weighted by atomic mass is 16.5. The molecule has 1 N–H and O–H groups in total. The molecule has 0 aliphatic heterocycles. The molecule has 5 nitrogen and oxygen atoms in total. The summed E-state index contributed by atoms with van der Waals surface area (Å²) in [6, 6.07) is 14.6. The second kappa shape index (κ2) is 10.0. The summed E-state index contributed by atoms with van der Waals surface area (Å²) < 4.78 is 5.48. The molecular formula is C23H30N2O3. The molecule has 0 fully saturated rings. The lowest BCUT2D eigenvalue weighted by molar-refractivity contribution is -0.148. The van der Waals surface area contributed by atoms with Gasteiger partial charge in [0.2, 0.25) is 0 Å². The van der Waals surface area contributed by atoms with Crippen molar-refractivity contribution in [2.24, 2.45) is 5.92 Å². The molecular weight excluding hydrogens is 352 g/mol. The second-order valence-corrected chi connectivity index (χ2v) is 7.67. The number of hydrogen-bond donors (Lipinski definition) is 1. The number of benzene rings is 2. The second-order valence-electron chi connectivity index (χ2n) is 7.67. The largest absolute Gasteiger partial charge is 0.459 e. The molecule has 0 saturated carbocycles. The summed E-state index contributed by atoms with van der Waals surface area (Å²) in [4.78, 5) is 27.2. The fourth-order valence-electron chi connectivity index (χ4n) is 2.89. The van der Waals surface area contributed by atoms with E-state index in [4.69, 9.17) is 4.74 Å². The minimum Gasteiger partial charge on any atom is -0.459 e. The van der Waals surface area contributed by atoms with Crippen molar-refractivity contribution in [3.63, 3.8) is 0 Å². The standard InChI is InChI=1S/C23H30N2O3/c1-16(2)21(24-22(26)20-9-7-6-8-17(20)3)23(27)28-15-19-12-10-18(11-13-19)14-25(4)5/h6-13,16,21H,14-15H2,1-5H3,(H,24,26)/t21-/m1/s1. The van der Waals surface area contributed by atoms with Gasteiger partial charge in [0.25, 0.3) is 5.91 Å². The van der Waals surface area contributed by atoms with Gasteiger partial charge in [0.05, 0.1) is 0 Å². The summed E-state index contributed by atoms with van der Waals surface area (Å²) in [5, 5.41) is 2.82. The average Bonchev–Trinajstić information content (AvgIpc) is 2.64. The van der Waals surface area contributed by atoms with Crippen LogP contribution in [0, 0.1) is 12.8 Å². The van der Waals surface area contributed by atoms with Gasteiger partial charge in [0, 0.05) is 12.1 Å². The Hall–Kier alpha value is -2.66. The zero-order valence-corrected chi connectivity index (χ0v) is 17.4. The van der Waals surface area contributed by atoms with Crippen LogP contribution in [0.25, 0.3) is 0 Å². The van der Waals surface area contributed by atoms with Gasteiger partial charge in [0.15, 0.2) is 0 Å². The van der Waals surface area contributed by atoms with Gasteiger partial charge in [-0.05, 0) is 49.7 Å². The van der Waals surface area contributed by atoms with Crippen LogP contribution in [-0.4, -0.2) is 36.9 Å². The van der Waals surface area contributed by atoms with Gasteiger partial charge in [-0.3, -0.25) is 4.79 Å². The van der Waals surface area contributed by atoms with Gasteiger partial charge < -0.3 is 15.0 Å². The first kappa shape index (κ1) is 21.6. The Morgan fingerprint density at radius 3 is 2.18 bits per heavy atom. The van der Waals surface area contributed by atoms with E-state index in [1.807, 2.05) is 77.3 Å². The predicted octanol–water partition coefficient (Wildman–Crippen LogP) is 3.55. The smallest absolute Gasteiger partial charge is 0.329 e. The Morgan fingerprint density at radius 2 is 1.61 bits per heavy atom. The monoisotopic (exact) mass is 382 g/mol. The topological polar surface area (TPSA) is 58.6 Å². The lowest BCUT2D eigenvalue weighted by Crippen LogP contribution is -2.45. The van der Waals surface area contributed by atoms with Crippen LogP contribution in [0.2, 0.25) is 0 Å². The third-order valence-corrected chi connectivity index (χ3v) is 4.50. The van der Waals surface area contributed by atoms with Gasteiger partial charge in [-0.1, -0.05) is 56.3 Å². The number of aryl methyl sites for hydroxylation is 1. The molecule has 150 valence electrons. The summed E-state index contributed by atoms with van der Waals surface area (Å²) >= 11 is 0. The molecule has 2 aromatic rings. The third-order valence-electron chi connectivity index (χ3n) is 4.50. The van der Waals surface area contributed by atoms with Gasteiger partial charge in [-0.25, -0.2) is 4.79 Å². The molecule has 0 radical (unpaired) electrons. The molecule has 28 heavy (non-hydrogen) atoms. The van der Waals surface area contributed by atoms with E-state index < -0.39 is 12.0 Å². The van der Waals surface area contributed by atoms with E-state index in [9.17, 15) is 9.59 Å². The van der Waals surface area contributed by atoms with Crippen molar-refractivity contribution in [1.82, 2.24) is 10.2 Å². The van der Waals surface area contributed by atoms with Gasteiger partial charge in [0.1, 0.15) is 12.6 Å². The minimum absolute atomic E-state index is 0.0806. The van der Waals surface area contributed by atoms with E-state index in [0.717, 1.165) is 17.7 Å². The van der Waals surface area contributed by atoms with Gasteiger partial charge in [-0.15, -0.1) is 0 Å². The van der Waals surface area contributed by atoms with Gasteiger partial charge >= 0.3 is 5.97 Å². The Labute approximate surface area is 167 Å². The van der Waals surface area contributed by atoms with Crippen molar-refractivity contribution in [2.45, 2.75) is 40.0 Å². The molecule has 0 aliphatic rings. The van der Waals surface area contributed by atoms with Crippen LogP contribution < -0.4 is 5.32 Å². The molecule has 0 saturated heterocycles. The summed E-state index contributed by atoms with van der Waals surface area (Å²) in [6.45, 7) is 6.70. The molecule has 2 rings (SSSR count). The maximum absolute atomic E-state index is 12.6. The fourth-order valence-corrected chi connectivity index (χ4v) is 2.89. The number of esters is 1. The van der Waals surface area contributed by atoms with Crippen molar-refractivity contribution in [3.8, 4) is 0 Å². The lowest BCUT2D eigenvalue weighted by Gasteiger charge is -2.21. The molecule has 2 aromatic carbocycles. The van der Waals surface area contributed by atoms with E-state index in [1.165, 1.54) is 5.56 Å². The minimum atomic E-state index is -0.694. The molecule has 5 heteroatoms. The first-order valence-electron chi connectivity index (χ1n) is 9.53. The number of nitrogens with one attached hydrogen (secondary N) is 1.